The third kappa shape index (κ3) is 5.54. The molecule has 158 valence electrons. The fraction of sp³-hybridized carbons (Fsp3) is 0.304. The first kappa shape index (κ1) is 22.6. The summed E-state index contributed by atoms with van der Waals surface area (Å²) in [5, 5.41) is 5.12. The van der Waals surface area contributed by atoms with Crippen molar-refractivity contribution < 1.29 is 9.53 Å². The number of thiazole rings is 1. The quantitative estimate of drug-likeness (QED) is 0.379. The van der Waals surface area contributed by atoms with Crippen LogP contribution in [0.5, 0.6) is 0 Å². The van der Waals surface area contributed by atoms with Gasteiger partial charge in [0.2, 0.25) is 0 Å². The number of hydrogen-bond acceptors (Lipinski definition) is 5. The van der Waals surface area contributed by atoms with Gasteiger partial charge in [-0.25, -0.2) is 4.98 Å². The van der Waals surface area contributed by atoms with E-state index in [0.717, 1.165) is 26.8 Å². The van der Waals surface area contributed by atoms with E-state index in [-0.39, 0.29) is 11.9 Å². The first-order valence-electron chi connectivity index (χ1n) is 9.70. The highest BCUT2D eigenvalue weighted by molar-refractivity contribution is 7.16. The number of methoxy groups -OCH3 is 1. The zero-order valence-electron chi connectivity index (χ0n) is 17.1. The number of nitrogens with one attached hydrogen (secondary N) is 1. The van der Waals surface area contributed by atoms with E-state index in [2.05, 4.69) is 19.2 Å². The highest BCUT2D eigenvalue weighted by atomic mass is 35.5. The summed E-state index contributed by atoms with van der Waals surface area (Å²) < 4.78 is 5.01. The van der Waals surface area contributed by atoms with Crippen LogP contribution in [-0.4, -0.2) is 24.6 Å². The van der Waals surface area contributed by atoms with Crippen molar-refractivity contribution in [2.45, 2.75) is 26.2 Å². The molecule has 4 nitrogen and oxygen atoms in total. The van der Waals surface area contributed by atoms with Crippen LogP contribution in [0.3, 0.4) is 0 Å². The van der Waals surface area contributed by atoms with Gasteiger partial charge < -0.3 is 10.1 Å². The summed E-state index contributed by atoms with van der Waals surface area (Å²) in [7, 11) is 1.42. The second kappa shape index (κ2) is 10.3. The molecule has 0 bridgehead atoms. The molecule has 0 aliphatic heterocycles. The van der Waals surface area contributed by atoms with Gasteiger partial charge >= 0.3 is 5.97 Å². The first-order chi connectivity index (χ1) is 14.4. The van der Waals surface area contributed by atoms with E-state index in [0.29, 0.717) is 28.9 Å². The van der Waals surface area contributed by atoms with Crippen molar-refractivity contribution in [2.75, 3.05) is 19.0 Å². The maximum atomic E-state index is 12.3. The Morgan fingerprint density at radius 2 is 1.87 bits per heavy atom. The largest absolute Gasteiger partial charge is 0.469 e. The molecule has 0 fully saturated rings. The van der Waals surface area contributed by atoms with Crippen LogP contribution in [0.2, 0.25) is 10.0 Å². The molecule has 3 rings (SSSR count). The van der Waals surface area contributed by atoms with Gasteiger partial charge in [-0.05, 0) is 30.0 Å². The summed E-state index contributed by atoms with van der Waals surface area (Å²) in [6.45, 7) is 4.70. The van der Waals surface area contributed by atoms with Gasteiger partial charge in [0.05, 0.1) is 28.8 Å². The summed E-state index contributed by atoms with van der Waals surface area (Å²) in [6, 6.07) is 15.5. The molecule has 0 amide bonds. The van der Waals surface area contributed by atoms with E-state index in [4.69, 9.17) is 32.9 Å². The van der Waals surface area contributed by atoms with Crippen molar-refractivity contribution in [1.29, 1.82) is 0 Å². The SMILES string of the molecule is COC(=O)C(CNc1nc(-c2ccc(Cl)c(Cl)c2)c(C(C)C)s1)Cc1ccccc1. The lowest BCUT2D eigenvalue weighted by molar-refractivity contribution is -0.144. The topological polar surface area (TPSA) is 51.2 Å². The van der Waals surface area contributed by atoms with Gasteiger partial charge in [0.25, 0.3) is 0 Å². The van der Waals surface area contributed by atoms with Gasteiger partial charge in [0, 0.05) is 17.0 Å². The van der Waals surface area contributed by atoms with Crippen LogP contribution in [0.25, 0.3) is 11.3 Å². The number of nitrogens with zero attached hydrogens (tertiary/aromatic N) is 1. The molecule has 0 saturated heterocycles. The lowest BCUT2D eigenvalue weighted by Crippen LogP contribution is -2.26. The molecular weight excluding hydrogens is 439 g/mol. The lowest BCUT2D eigenvalue weighted by atomic mass is 9.99. The number of carbonyl (C=O) groups is 1. The monoisotopic (exact) mass is 462 g/mol. The second-order valence-corrected chi connectivity index (χ2v) is 9.15. The summed E-state index contributed by atoms with van der Waals surface area (Å²) >= 11 is 13.9. The Kier molecular flexibility index (Phi) is 7.75. The minimum atomic E-state index is -0.308. The Morgan fingerprint density at radius 3 is 2.50 bits per heavy atom. The number of ether oxygens (including phenoxy) is 1. The molecule has 1 unspecified atom stereocenters. The van der Waals surface area contributed by atoms with Crippen LogP contribution in [0.4, 0.5) is 5.13 Å². The maximum absolute atomic E-state index is 12.3. The van der Waals surface area contributed by atoms with Crippen molar-refractivity contribution in [3.63, 3.8) is 0 Å². The summed E-state index contributed by atoms with van der Waals surface area (Å²) in [5.41, 5.74) is 2.90. The third-order valence-corrected chi connectivity index (χ3v) is 6.78. The molecule has 3 aromatic rings. The smallest absolute Gasteiger partial charge is 0.310 e. The van der Waals surface area contributed by atoms with Crippen molar-refractivity contribution >= 4 is 45.6 Å². The summed E-state index contributed by atoms with van der Waals surface area (Å²) in [6.07, 6.45) is 0.600. The normalized spacial score (nSPS) is 12.1. The number of carbonyl (C=O) groups excluding carboxylic acids is 1. The number of esters is 1. The highest BCUT2D eigenvalue weighted by Crippen LogP contribution is 2.38. The van der Waals surface area contributed by atoms with Gasteiger partial charge in [-0.15, -0.1) is 11.3 Å². The summed E-state index contributed by atoms with van der Waals surface area (Å²) in [4.78, 5) is 18.2. The van der Waals surface area contributed by atoms with Crippen LogP contribution >= 0.6 is 34.5 Å². The fourth-order valence-electron chi connectivity index (χ4n) is 3.16. The molecule has 0 aliphatic rings. The molecule has 1 aromatic heterocycles. The van der Waals surface area contributed by atoms with E-state index >= 15 is 0 Å². The van der Waals surface area contributed by atoms with E-state index < -0.39 is 0 Å². The van der Waals surface area contributed by atoms with Crippen molar-refractivity contribution in [3.8, 4) is 11.3 Å². The van der Waals surface area contributed by atoms with Crippen molar-refractivity contribution in [1.82, 2.24) is 4.98 Å². The molecular formula is C23H24Cl2N2O2S. The molecule has 30 heavy (non-hydrogen) atoms. The minimum absolute atomic E-state index is 0.239. The van der Waals surface area contributed by atoms with E-state index in [9.17, 15) is 4.79 Å². The van der Waals surface area contributed by atoms with Gasteiger partial charge in [-0.3, -0.25) is 4.79 Å². The number of anilines is 1. The average Bonchev–Trinajstić information content (AvgIpc) is 3.18. The van der Waals surface area contributed by atoms with Crippen LogP contribution in [0.15, 0.2) is 48.5 Å². The zero-order valence-corrected chi connectivity index (χ0v) is 19.4. The van der Waals surface area contributed by atoms with E-state index in [1.165, 1.54) is 7.11 Å². The van der Waals surface area contributed by atoms with Crippen LogP contribution in [0.1, 0.15) is 30.2 Å². The molecule has 1 atom stereocenters. The molecule has 0 aliphatic carbocycles. The zero-order chi connectivity index (χ0) is 21.7. The van der Waals surface area contributed by atoms with Crippen molar-refractivity contribution in [2.24, 2.45) is 5.92 Å². The molecule has 7 heteroatoms. The van der Waals surface area contributed by atoms with Gasteiger partial charge in [0.1, 0.15) is 0 Å². The van der Waals surface area contributed by atoms with Gasteiger partial charge in [0.15, 0.2) is 5.13 Å². The third-order valence-electron chi connectivity index (χ3n) is 4.73. The molecule has 1 N–H and O–H groups in total. The van der Waals surface area contributed by atoms with Crippen molar-refractivity contribution in [3.05, 3.63) is 69.0 Å². The minimum Gasteiger partial charge on any atom is -0.469 e. The average molecular weight is 463 g/mol. The Bertz CT molecular complexity index is 1010. The second-order valence-electron chi connectivity index (χ2n) is 7.31. The maximum Gasteiger partial charge on any atom is 0.310 e. The standard InChI is InChI=1S/C23H24Cl2N2O2S/c1-14(2)21-20(16-9-10-18(24)19(25)12-16)27-23(30-21)26-13-17(22(28)29-3)11-15-7-5-4-6-8-15/h4-10,12,14,17H,11,13H2,1-3H3,(H,26,27). The number of aromatic nitrogens is 1. The molecule has 0 saturated carbocycles. The molecule has 1 heterocycles. The summed E-state index contributed by atoms with van der Waals surface area (Å²) in [5.74, 6) is -0.253. The molecule has 2 aromatic carbocycles. The number of benzene rings is 2. The first-order valence-corrected chi connectivity index (χ1v) is 11.3. The Hall–Kier alpha value is -2.08. The van der Waals surface area contributed by atoms with Gasteiger partial charge in [-0.1, -0.05) is 73.4 Å². The van der Waals surface area contributed by atoms with Crippen LogP contribution < -0.4 is 5.32 Å². The van der Waals surface area contributed by atoms with E-state index in [1.54, 1.807) is 17.4 Å². The Labute approximate surface area is 191 Å². The predicted molar refractivity (Wildman–Crippen MR) is 126 cm³/mol. The molecule has 0 radical (unpaired) electrons. The Morgan fingerprint density at radius 1 is 1.13 bits per heavy atom. The number of halogens is 2. The lowest BCUT2D eigenvalue weighted by Gasteiger charge is -2.15. The van der Waals surface area contributed by atoms with E-state index in [1.807, 2.05) is 42.5 Å². The number of hydrogen-bond donors (Lipinski definition) is 1. The molecule has 0 spiro atoms. The predicted octanol–water partition coefficient (Wildman–Crippen LogP) is 6.68. The number of rotatable bonds is 8. The Balaban J connectivity index is 1.81. The highest BCUT2D eigenvalue weighted by Gasteiger charge is 2.22. The van der Waals surface area contributed by atoms with Crippen LogP contribution in [-0.2, 0) is 16.0 Å². The fourth-order valence-corrected chi connectivity index (χ4v) is 4.46. The van der Waals surface area contributed by atoms with Gasteiger partial charge in [-0.2, -0.15) is 0 Å². The van der Waals surface area contributed by atoms with Crippen LogP contribution in [0, 0.1) is 5.92 Å².